The van der Waals surface area contributed by atoms with E-state index in [4.69, 9.17) is 4.74 Å². The summed E-state index contributed by atoms with van der Waals surface area (Å²) >= 11 is 0. The van der Waals surface area contributed by atoms with Crippen LogP contribution in [0, 0.1) is 0 Å². The summed E-state index contributed by atoms with van der Waals surface area (Å²) in [4.78, 5) is 12.4. The van der Waals surface area contributed by atoms with Gasteiger partial charge in [0.2, 0.25) is 0 Å². The molecule has 0 aliphatic heterocycles. The van der Waals surface area contributed by atoms with E-state index in [2.05, 4.69) is 15.8 Å². The van der Waals surface area contributed by atoms with Crippen molar-refractivity contribution in [3.8, 4) is 5.75 Å². The van der Waals surface area contributed by atoms with Gasteiger partial charge in [-0.05, 0) is 42.1 Å². The van der Waals surface area contributed by atoms with E-state index in [1.54, 1.807) is 6.21 Å². The molecule has 0 aromatic heterocycles. The number of hydrogen-bond donors (Lipinski definition) is 2. The average molecular weight is 412 g/mol. The molecule has 0 bridgehead atoms. The van der Waals surface area contributed by atoms with Gasteiger partial charge in [-0.25, -0.2) is 5.43 Å². The Bertz CT molecular complexity index is 1240. The molecular weight excluding hydrogens is 386 g/mol. The summed E-state index contributed by atoms with van der Waals surface area (Å²) in [7, 11) is 0. The monoisotopic (exact) mass is 411 g/mol. The minimum absolute atomic E-state index is 0.0350. The number of hydrazone groups is 1. The molecule has 4 aromatic carbocycles. The van der Waals surface area contributed by atoms with Gasteiger partial charge in [0.05, 0.1) is 18.9 Å². The van der Waals surface area contributed by atoms with Crippen LogP contribution in [0.25, 0.3) is 21.5 Å². The molecule has 156 valence electrons. The number of fused-ring (bicyclic) bond motifs is 2. The first-order valence-corrected chi connectivity index (χ1v) is 10.3. The lowest BCUT2D eigenvalue weighted by Gasteiger charge is -2.14. The molecule has 0 spiro atoms. The highest BCUT2D eigenvalue weighted by Gasteiger charge is 2.09. The fourth-order valence-electron chi connectivity index (χ4n) is 3.53. The van der Waals surface area contributed by atoms with Crippen LogP contribution in [0.15, 0.2) is 84.0 Å². The normalized spacial score (nSPS) is 11.3. The van der Waals surface area contributed by atoms with Gasteiger partial charge in [-0.3, -0.25) is 4.79 Å². The van der Waals surface area contributed by atoms with Gasteiger partial charge in [0.25, 0.3) is 5.91 Å². The lowest BCUT2D eigenvalue weighted by atomic mass is 10.0. The van der Waals surface area contributed by atoms with E-state index in [1.165, 1.54) is 0 Å². The second-order valence-corrected chi connectivity index (χ2v) is 7.54. The van der Waals surface area contributed by atoms with Gasteiger partial charge in [0, 0.05) is 16.6 Å². The van der Waals surface area contributed by atoms with Gasteiger partial charge in [-0.1, -0.05) is 66.7 Å². The Hall–Kier alpha value is -3.86. The summed E-state index contributed by atoms with van der Waals surface area (Å²) in [6, 6.07) is 26.0. The van der Waals surface area contributed by atoms with Crippen LogP contribution in [0.4, 0.5) is 5.69 Å². The summed E-state index contributed by atoms with van der Waals surface area (Å²) in [5.74, 6) is 0.510. The molecule has 0 fully saturated rings. The molecule has 0 atom stereocenters. The van der Waals surface area contributed by atoms with E-state index in [9.17, 15) is 4.79 Å². The molecule has 5 heteroatoms. The molecule has 5 nitrogen and oxygen atoms in total. The van der Waals surface area contributed by atoms with Crippen LogP contribution >= 0.6 is 0 Å². The highest BCUT2D eigenvalue weighted by atomic mass is 16.5. The molecule has 0 aliphatic carbocycles. The molecule has 0 radical (unpaired) electrons. The van der Waals surface area contributed by atoms with Crippen molar-refractivity contribution in [3.05, 3.63) is 84.4 Å². The third-order valence-electron chi connectivity index (χ3n) is 4.91. The summed E-state index contributed by atoms with van der Waals surface area (Å²) < 4.78 is 5.94. The Morgan fingerprint density at radius 2 is 1.58 bits per heavy atom. The van der Waals surface area contributed by atoms with Crippen molar-refractivity contribution in [3.63, 3.8) is 0 Å². The van der Waals surface area contributed by atoms with Crippen LogP contribution < -0.4 is 15.5 Å². The molecule has 0 saturated heterocycles. The third-order valence-corrected chi connectivity index (χ3v) is 4.91. The van der Waals surface area contributed by atoms with Crippen molar-refractivity contribution < 1.29 is 9.53 Å². The van der Waals surface area contributed by atoms with Crippen LogP contribution in [0.5, 0.6) is 5.75 Å². The van der Waals surface area contributed by atoms with Gasteiger partial charge < -0.3 is 10.1 Å². The SMILES string of the molecule is CC(C)Oc1ccc2ccccc2c1/C=N\NC(=O)CNc1cccc2ccccc12. The first-order chi connectivity index (χ1) is 15.1. The molecule has 4 rings (SSSR count). The standard InChI is InChI=1S/C26H25N3O2/c1-18(2)31-25-15-14-20-9-3-5-11-21(20)23(25)16-28-29-26(30)17-27-24-13-7-10-19-8-4-6-12-22(19)24/h3-16,18,27H,17H2,1-2H3,(H,29,30)/b28-16-. The molecule has 4 aromatic rings. The Morgan fingerprint density at radius 1 is 0.903 bits per heavy atom. The summed E-state index contributed by atoms with van der Waals surface area (Å²) in [5.41, 5.74) is 4.36. The van der Waals surface area contributed by atoms with Crippen LogP contribution in [-0.2, 0) is 4.79 Å². The van der Waals surface area contributed by atoms with Crippen LogP contribution in [0.2, 0.25) is 0 Å². The van der Waals surface area contributed by atoms with Gasteiger partial charge in [-0.2, -0.15) is 5.10 Å². The van der Waals surface area contributed by atoms with Crippen molar-refractivity contribution in [2.75, 3.05) is 11.9 Å². The van der Waals surface area contributed by atoms with Crippen molar-refractivity contribution in [1.29, 1.82) is 0 Å². The second kappa shape index (κ2) is 9.30. The maximum absolute atomic E-state index is 12.4. The van der Waals surface area contributed by atoms with Gasteiger partial charge in [0.1, 0.15) is 5.75 Å². The number of carbonyl (C=O) groups is 1. The lowest BCUT2D eigenvalue weighted by molar-refractivity contribution is -0.119. The van der Waals surface area contributed by atoms with Crippen LogP contribution in [0.3, 0.4) is 0 Å². The maximum Gasteiger partial charge on any atom is 0.259 e. The fourth-order valence-corrected chi connectivity index (χ4v) is 3.53. The molecule has 0 aliphatic rings. The van der Waals surface area contributed by atoms with Gasteiger partial charge in [0.15, 0.2) is 0 Å². The Kier molecular flexibility index (Phi) is 6.13. The molecule has 0 unspecified atom stereocenters. The summed E-state index contributed by atoms with van der Waals surface area (Å²) in [6.07, 6.45) is 1.68. The number of rotatable bonds is 7. The van der Waals surface area contributed by atoms with Crippen molar-refractivity contribution >= 4 is 39.4 Å². The fraction of sp³-hybridized carbons (Fsp3) is 0.154. The lowest BCUT2D eigenvalue weighted by Crippen LogP contribution is -2.26. The third kappa shape index (κ3) is 4.83. The smallest absolute Gasteiger partial charge is 0.259 e. The largest absolute Gasteiger partial charge is 0.490 e. The van der Waals surface area contributed by atoms with E-state index in [1.807, 2.05) is 92.7 Å². The average Bonchev–Trinajstić information content (AvgIpc) is 2.78. The number of benzene rings is 4. The molecule has 2 N–H and O–H groups in total. The number of nitrogens with one attached hydrogen (secondary N) is 2. The number of amides is 1. The Balaban J connectivity index is 1.47. The number of carbonyl (C=O) groups excluding carboxylic acids is 1. The summed E-state index contributed by atoms with van der Waals surface area (Å²) in [5, 5.41) is 11.7. The van der Waals surface area contributed by atoms with E-state index in [-0.39, 0.29) is 18.6 Å². The van der Waals surface area contributed by atoms with Gasteiger partial charge >= 0.3 is 0 Å². The molecular formula is C26H25N3O2. The predicted molar refractivity (Wildman–Crippen MR) is 128 cm³/mol. The first-order valence-electron chi connectivity index (χ1n) is 10.3. The summed E-state index contributed by atoms with van der Waals surface area (Å²) in [6.45, 7) is 4.09. The zero-order valence-electron chi connectivity index (χ0n) is 17.6. The maximum atomic E-state index is 12.4. The topological polar surface area (TPSA) is 62.7 Å². The van der Waals surface area contributed by atoms with E-state index < -0.39 is 0 Å². The number of hydrogen-bond acceptors (Lipinski definition) is 4. The van der Waals surface area contributed by atoms with E-state index in [0.717, 1.165) is 38.5 Å². The number of anilines is 1. The first kappa shape index (κ1) is 20.4. The number of nitrogens with zero attached hydrogens (tertiary/aromatic N) is 1. The molecule has 1 amide bonds. The molecule has 31 heavy (non-hydrogen) atoms. The van der Waals surface area contributed by atoms with Crippen LogP contribution in [-0.4, -0.2) is 24.8 Å². The Morgan fingerprint density at radius 3 is 2.35 bits per heavy atom. The van der Waals surface area contributed by atoms with Crippen molar-refractivity contribution in [1.82, 2.24) is 5.43 Å². The zero-order valence-corrected chi connectivity index (χ0v) is 17.6. The van der Waals surface area contributed by atoms with Crippen LogP contribution in [0.1, 0.15) is 19.4 Å². The second-order valence-electron chi connectivity index (χ2n) is 7.54. The van der Waals surface area contributed by atoms with E-state index >= 15 is 0 Å². The van der Waals surface area contributed by atoms with Gasteiger partial charge in [-0.15, -0.1) is 0 Å². The highest BCUT2D eigenvalue weighted by Crippen LogP contribution is 2.27. The quantitative estimate of drug-likeness (QED) is 0.319. The Labute approximate surface area is 181 Å². The predicted octanol–water partition coefficient (Wildman–Crippen LogP) is 5.34. The number of ether oxygens (including phenoxy) is 1. The minimum atomic E-state index is -0.226. The highest BCUT2D eigenvalue weighted by molar-refractivity contribution is 6.03. The minimum Gasteiger partial charge on any atom is -0.490 e. The van der Waals surface area contributed by atoms with E-state index in [0.29, 0.717) is 0 Å². The van der Waals surface area contributed by atoms with Crippen molar-refractivity contribution in [2.24, 2.45) is 5.10 Å². The zero-order chi connectivity index (χ0) is 21.6. The van der Waals surface area contributed by atoms with Crippen molar-refractivity contribution in [2.45, 2.75) is 20.0 Å². The molecule has 0 saturated carbocycles. The molecule has 0 heterocycles.